The quantitative estimate of drug-likeness (QED) is 0.604. The lowest BCUT2D eigenvalue weighted by Crippen LogP contribution is -2.19. The molecular weight excluding hydrogens is 368 g/mol. The van der Waals surface area contributed by atoms with Crippen molar-refractivity contribution in [1.82, 2.24) is 9.55 Å². The second-order valence-corrected chi connectivity index (χ2v) is 6.62. The summed E-state index contributed by atoms with van der Waals surface area (Å²) in [6.07, 6.45) is 1.69. The summed E-state index contributed by atoms with van der Waals surface area (Å²) in [4.78, 5) is 28.8. The van der Waals surface area contributed by atoms with Crippen molar-refractivity contribution in [1.29, 1.82) is 0 Å². The van der Waals surface area contributed by atoms with E-state index in [-0.39, 0.29) is 18.2 Å². The van der Waals surface area contributed by atoms with E-state index < -0.39 is 5.97 Å². The minimum atomic E-state index is -0.559. The minimum Gasteiger partial charge on any atom is -0.464 e. The predicted molar refractivity (Wildman–Crippen MR) is 104 cm³/mol. The third-order valence-electron chi connectivity index (χ3n) is 4.02. The molecule has 2 N–H and O–H groups in total. The number of methoxy groups -OCH3 is 2. The average molecular weight is 388 g/mol. The van der Waals surface area contributed by atoms with Gasteiger partial charge in [-0.25, -0.2) is 9.78 Å². The van der Waals surface area contributed by atoms with Gasteiger partial charge in [-0.2, -0.15) is 11.3 Å². The summed E-state index contributed by atoms with van der Waals surface area (Å²) in [5, 5.41) is 10.7. The van der Waals surface area contributed by atoms with E-state index in [2.05, 4.69) is 21.0 Å². The molecule has 27 heavy (non-hydrogen) atoms. The van der Waals surface area contributed by atoms with Gasteiger partial charge in [-0.3, -0.25) is 4.79 Å². The first-order valence-corrected chi connectivity index (χ1v) is 9.10. The smallest absolute Gasteiger partial charge is 0.356 e. The number of amides is 1. The molecule has 9 heteroatoms. The Bertz CT molecular complexity index is 966. The van der Waals surface area contributed by atoms with Crippen LogP contribution in [0, 0.1) is 0 Å². The number of anilines is 2. The third kappa shape index (κ3) is 3.93. The van der Waals surface area contributed by atoms with Crippen molar-refractivity contribution in [3.63, 3.8) is 0 Å². The SMILES string of the molecule is COCC(=O)Nc1c(C(=O)OC)n(C)c2ncc(NCc3ccsc3)cc12. The summed E-state index contributed by atoms with van der Waals surface area (Å²) in [6, 6.07) is 3.89. The van der Waals surface area contributed by atoms with Crippen LogP contribution in [0.15, 0.2) is 29.1 Å². The van der Waals surface area contributed by atoms with E-state index in [4.69, 9.17) is 9.47 Å². The van der Waals surface area contributed by atoms with Crippen LogP contribution in [0.5, 0.6) is 0 Å². The maximum atomic E-state index is 12.3. The average Bonchev–Trinajstić information content (AvgIpc) is 3.27. The van der Waals surface area contributed by atoms with Gasteiger partial charge in [0.2, 0.25) is 5.91 Å². The maximum Gasteiger partial charge on any atom is 0.356 e. The van der Waals surface area contributed by atoms with Crippen LogP contribution in [0.25, 0.3) is 11.0 Å². The topological polar surface area (TPSA) is 94.5 Å². The molecule has 0 radical (unpaired) electrons. The molecule has 3 aromatic heterocycles. The molecule has 0 aromatic carbocycles. The number of fused-ring (bicyclic) bond motifs is 1. The van der Waals surface area contributed by atoms with Crippen molar-refractivity contribution < 1.29 is 19.1 Å². The minimum absolute atomic E-state index is 0.124. The monoisotopic (exact) mass is 388 g/mol. The molecule has 0 bridgehead atoms. The molecule has 3 heterocycles. The lowest BCUT2D eigenvalue weighted by molar-refractivity contribution is -0.119. The van der Waals surface area contributed by atoms with Gasteiger partial charge in [0.05, 0.1) is 24.7 Å². The van der Waals surface area contributed by atoms with Gasteiger partial charge in [0.15, 0.2) is 5.69 Å². The molecular formula is C18H20N4O4S. The Kier molecular flexibility index (Phi) is 5.72. The normalized spacial score (nSPS) is 10.8. The fourth-order valence-electron chi connectivity index (χ4n) is 2.77. The van der Waals surface area contributed by atoms with E-state index in [9.17, 15) is 9.59 Å². The number of nitrogens with one attached hydrogen (secondary N) is 2. The highest BCUT2D eigenvalue weighted by molar-refractivity contribution is 7.07. The van der Waals surface area contributed by atoms with E-state index in [1.165, 1.54) is 14.2 Å². The van der Waals surface area contributed by atoms with E-state index in [1.807, 2.05) is 17.5 Å². The van der Waals surface area contributed by atoms with Crippen molar-refractivity contribution in [3.8, 4) is 0 Å². The number of pyridine rings is 1. The van der Waals surface area contributed by atoms with E-state index in [1.54, 1.807) is 29.1 Å². The number of esters is 1. The zero-order valence-electron chi connectivity index (χ0n) is 15.2. The number of ether oxygens (including phenoxy) is 2. The second-order valence-electron chi connectivity index (χ2n) is 5.84. The summed E-state index contributed by atoms with van der Waals surface area (Å²) in [7, 11) is 4.42. The Balaban J connectivity index is 2.01. The number of carbonyl (C=O) groups excluding carboxylic acids is 2. The summed E-state index contributed by atoms with van der Waals surface area (Å²) in [5.41, 5.74) is 3.08. The highest BCUT2D eigenvalue weighted by atomic mass is 32.1. The number of aryl methyl sites for hydroxylation is 1. The molecule has 0 aliphatic rings. The Labute approximate surface area is 160 Å². The number of rotatable bonds is 7. The van der Waals surface area contributed by atoms with Crippen LogP contribution in [0.1, 0.15) is 16.1 Å². The van der Waals surface area contributed by atoms with Gasteiger partial charge in [0.1, 0.15) is 12.3 Å². The molecule has 0 unspecified atom stereocenters. The predicted octanol–water partition coefficient (Wildman–Crippen LogP) is 2.62. The van der Waals surface area contributed by atoms with Crippen molar-refractivity contribution in [2.24, 2.45) is 7.05 Å². The van der Waals surface area contributed by atoms with Crippen molar-refractivity contribution in [2.75, 3.05) is 31.5 Å². The number of thiophene rings is 1. The zero-order valence-corrected chi connectivity index (χ0v) is 16.1. The Morgan fingerprint density at radius 3 is 2.81 bits per heavy atom. The molecule has 0 saturated carbocycles. The summed E-state index contributed by atoms with van der Waals surface area (Å²) < 4.78 is 11.3. The number of hydrogen-bond donors (Lipinski definition) is 2. The highest BCUT2D eigenvalue weighted by Gasteiger charge is 2.24. The molecule has 0 fully saturated rings. The Morgan fingerprint density at radius 2 is 2.15 bits per heavy atom. The largest absolute Gasteiger partial charge is 0.464 e. The standard InChI is InChI=1S/C18H20N4O4S/c1-22-16(18(24)26-3)15(21-14(23)9-25-2)13-6-12(8-20-17(13)22)19-7-11-4-5-27-10-11/h4-6,8,10,19H,7,9H2,1-3H3,(H,21,23). The van der Waals surface area contributed by atoms with Crippen molar-refractivity contribution in [3.05, 3.63) is 40.3 Å². The van der Waals surface area contributed by atoms with Crippen molar-refractivity contribution in [2.45, 2.75) is 6.54 Å². The van der Waals surface area contributed by atoms with Gasteiger partial charge in [-0.1, -0.05) is 0 Å². The van der Waals surface area contributed by atoms with Crippen LogP contribution in [0.2, 0.25) is 0 Å². The third-order valence-corrected chi connectivity index (χ3v) is 4.75. The molecule has 0 aliphatic heterocycles. The van der Waals surface area contributed by atoms with Crippen LogP contribution in [-0.4, -0.2) is 42.3 Å². The molecule has 0 spiro atoms. The summed E-state index contributed by atoms with van der Waals surface area (Å²) >= 11 is 1.63. The van der Waals surface area contributed by atoms with Gasteiger partial charge >= 0.3 is 5.97 Å². The molecule has 0 saturated heterocycles. The van der Waals surface area contributed by atoms with E-state index in [0.717, 1.165) is 11.3 Å². The van der Waals surface area contributed by atoms with Gasteiger partial charge < -0.3 is 24.7 Å². The van der Waals surface area contributed by atoms with Crippen LogP contribution in [0.3, 0.4) is 0 Å². The first-order chi connectivity index (χ1) is 13.0. The molecule has 1 amide bonds. The van der Waals surface area contributed by atoms with E-state index in [0.29, 0.717) is 23.3 Å². The molecule has 142 valence electrons. The van der Waals surface area contributed by atoms with Gasteiger partial charge in [-0.15, -0.1) is 0 Å². The first kappa shape index (κ1) is 18.9. The van der Waals surface area contributed by atoms with Crippen LogP contribution in [-0.2, 0) is 27.9 Å². The lowest BCUT2D eigenvalue weighted by Gasteiger charge is -2.08. The molecule has 0 aliphatic carbocycles. The number of hydrogen-bond acceptors (Lipinski definition) is 7. The van der Waals surface area contributed by atoms with Crippen LogP contribution in [0.4, 0.5) is 11.4 Å². The fourth-order valence-corrected chi connectivity index (χ4v) is 3.44. The van der Waals surface area contributed by atoms with Crippen molar-refractivity contribution >= 4 is 45.6 Å². The summed E-state index contributed by atoms with van der Waals surface area (Å²) in [6.45, 7) is 0.527. The van der Waals surface area contributed by atoms with E-state index >= 15 is 0 Å². The summed E-state index contributed by atoms with van der Waals surface area (Å²) in [5.74, 6) is -0.928. The Morgan fingerprint density at radius 1 is 1.33 bits per heavy atom. The zero-order chi connectivity index (χ0) is 19.4. The Hall–Kier alpha value is -2.91. The lowest BCUT2D eigenvalue weighted by atomic mass is 10.2. The second kappa shape index (κ2) is 8.19. The maximum absolute atomic E-state index is 12.3. The van der Waals surface area contributed by atoms with Gasteiger partial charge in [0.25, 0.3) is 0 Å². The van der Waals surface area contributed by atoms with Crippen LogP contribution < -0.4 is 10.6 Å². The number of nitrogens with zero attached hydrogens (tertiary/aromatic N) is 2. The molecule has 3 aromatic rings. The number of aromatic nitrogens is 2. The van der Waals surface area contributed by atoms with Gasteiger partial charge in [-0.05, 0) is 28.5 Å². The van der Waals surface area contributed by atoms with Crippen LogP contribution >= 0.6 is 11.3 Å². The highest BCUT2D eigenvalue weighted by Crippen LogP contribution is 2.31. The fraction of sp³-hybridized carbons (Fsp3) is 0.278. The first-order valence-electron chi connectivity index (χ1n) is 8.15. The molecule has 3 rings (SSSR count). The number of carbonyl (C=O) groups is 2. The molecule has 0 atom stereocenters. The molecule has 8 nitrogen and oxygen atoms in total. The van der Waals surface area contributed by atoms with Gasteiger partial charge in [0, 0.05) is 26.1 Å².